The summed E-state index contributed by atoms with van der Waals surface area (Å²) in [6, 6.07) is 4.26. The number of hydrogen-bond acceptors (Lipinski definition) is 5. The second-order valence-corrected chi connectivity index (χ2v) is 8.83. The minimum absolute atomic E-state index is 0.0224. The maximum absolute atomic E-state index is 12.6. The molecule has 8 heteroatoms. The van der Waals surface area contributed by atoms with Gasteiger partial charge in [0.1, 0.15) is 5.82 Å². The van der Waals surface area contributed by atoms with Crippen molar-refractivity contribution >= 4 is 17.8 Å². The van der Waals surface area contributed by atoms with Gasteiger partial charge in [0.2, 0.25) is 5.91 Å². The van der Waals surface area contributed by atoms with E-state index in [1.165, 1.54) is 5.56 Å². The number of carbonyl (C=O) groups is 2. The molecule has 4 aliphatic heterocycles. The predicted molar refractivity (Wildman–Crippen MR) is 103 cm³/mol. The van der Waals surface area contributed by atoms with E-state index in [4.69, 9.17) is 10.5 Å². The first-order chi connectivity index (χ1) is 13.5. The smallest absolute Gasteiger partial charge is 0.320 e. The lowest BCUT2D eigenvalue weighted by Crippen LogP contribution is -2.57. The third kappa shape index (κ3) is 2.99. The van der Waals surface area contributed by atoms with Crippen LogP contribution in [0.3, 0.4) is 0 Å². The molecule has 2 N–H and O–H groups in total. The molecule has 0 saturated carbocycles. The van der Waals surface area contributed by atoms with E-state index in [-0.39, 0.29) is 17.9 Å². The van der Waals surface area contributed by atoms with Gasteiger partial charge in [-0.15, -0.1) is 0 Å². The molecule has 1 aromatic heterocycles. The Labute approximate surface area is 164 Å². The minimum Gasteiger partial charge on any atom is -0.381 e. The fraction of sp³-hybridized carbons (Fsp3) is 0.650. The maximum atomic E-state index is 12.6. The van der Waals surface area contributed by atoms with Gasteiger partial charge >= 0.3 is 6.03 Å². The zero-order valence-corrected chi connectivity index (χ0v) is 16.0. The lowest BCUT2D eigenvalue weighted by molar-refractivity contribution is -0.121. The van der Waals surface area contributed by atoms with Crippen molar-refractivity contribution in [2.24, 2.45) is 17.1 Å². The second kappa shape index (κ2) is 6.62. The molecule has 0 bridgehead atoms. The van der Waals surface area contributed by atoms with Gasteiger partial charge in [0, 0.05) is 63.4 Å². The van der Waals surface area contributed by atoms with E-state index < -0.39 is 0 Å². The first kappa shape index (κ1) is 17.7. The third-order valence-corrected chi connectivity index (χ3v) is 6.82. The van der Waals surface area contributed by atoms with Crippen LogP contribution < -0.4 is 10.6 Å². The number of hydrogen-bond donors (Lipinski definition) is 1. The molecule has 1 atom stereocenters. The van der Waals surface area contributed by atoms with Gasteiger partial charge in [-0.3, -0.25) is 4.79 Å². The molecule has 4 aliphatic rings. The Bertz CT molecular complexity index is 763. The van der Waals surface area contributed by atoms with Gasteiger partial charge in [0.25, 0.3) is 0 Å². The average Bonchev–Trinajstić information content (AvgIpc) is 3.30. The average molecular weight is 385 g/mol. The van der Waals surface area contributed by atoms with E-state index in [1.807, 2.05) is 11.1 Å². The summed E-state index contributed by atoms with van der Waals surface area (Å²) in [5, 5.41) is 0. The van der Waals surface area contributed by atoms with Gasteiger partial charge in [-0.05, 0) is 24.5 Å². The van der Waals surface area contributed by atoms with Crippen molar-refractivity contribution in [1.29, 1.82) is 0 Å². The lowest BCUT2D eigenvalue weighted by atomic mass is 9.79. The summed E-state index contributed by atoms with van der Waals surface area (Å²) in [5.41, 5.74) is 6.90. The van der Waals surface area contributed by atoms with Crippen LogP contribution in [0.1, 0.15) is 24.3 Å². The summed E-state index contributed by atoms with van der Waals surface area (Å²) in [4.78, 5) is 34.4. The molecule has 4 fully saturated rings. The fourth-order valence-corrected chi connectivity index (χ4v) is 4.86. The van der Waals surface area contributed by atoms with Crippen LogP contribution in [0, 0.1) is 11.3 Å². The first-order valence-corrected chi connectivity index (χ1v) is 10.1. The molecule has 1 aromatic rings. The molecule has 8 nitrogen and oxygen atoms in total. The summed E-state index contributed by atoms with van der Waals surface area (Å²) in [7, 11) is 0. The van der Waals surface area contributed by atoms with Crippen LogP contribution in [0.5, 0.6) is 0 Å². The number of nitrogens with two attached hydrogens (primary N) is 1. The van der Waals surface area contributed by atoms with Gasteiger partial charge in [0.05, 0.1) is 12.5 Å². The number of rotatable bonds is 3. The number of carbonyl (C=O) groups excluding carboxylic acids is 2. The first-order valence-electron chi connectivity index (χ1n) is 10.1. The number of primary amides is 1. The van der Waals surface area contributed by atoms with Gasteiger partial charge < -0.3 is 25.2 Å². The van der Waals surface area contributed by atoms with Gasteiger partial charge in [0.15, 0.2) is 0 Å². The van der Waals surface area contributed by atoms with Gasteiger partial charge in [-0.2, -0.15) is 0 Å². The number of nitrogens with zero attached hydrogens (tertiary/aromatic N) is 4. The van der Waals surface area contributed by atoms with Crippen LogP contribution in [-0.4, -0.2) is 79.2 Å². The SMILES string of the molecule is NC(=O)[C@H]1CCN(C(=O)N2CC(c3ccc(N4CC5(CCOC5)C4)nc3)C2)C1. The number of ether oxygens (including phenoxy) is 1. The van der Waals surface area contributed by atoms with Crippen molar-refractivity contribution in [1.82, 2.24) is 14.8 Å². The summed E-state index contributed by atoms with van der Waals surface area (Å²) in [5.74, 6) is 0.861. The second-order valence-electron chi connectivity index (χ2n) is 8.83. The van der Waals surface area contributed by atoms with Crippen LogP contribution in [0.25, 0.3) is 0 Å². The zero-order chi connectivity index (χ0) is 19.3. The minimum atomic E-state index is -0.309. The largest absolute Gasteiger partial charge is 0.381 e. The molecule has 0 aromatic carbocycles. The van der Waals surface area contributed by atoms with Crippen molar-refractivity contribution in [3.63, 3.8) is 0 Å². The molecule has 150 valence electrons. The Balaban J connectivity index is 1.12. The number of likely N-dealkylation sites (tertiary alicyclic amines) is 2. The summed E-state index contributed by atoms with van der Waals surface area (Å²) in [6.45, 7) is 6.33. The summed E-state index contributed by atoms with van der Waals surface area (Å²) >= 11 is 0. The molecular weight excluding hydrogens is 358 g/mol. The summed E-state index contributed by atoms with van der Waals surface area (Å²) < 4.78 is 5.54. The number of amides is 3. The van der Waals surface area contributed by atoms with E-state index >= 15 is 0 Å². The molecule has 5 heterocycles. The van der Waals surface area contributed by atoms with E-state index in [0.717, 1.165) is 38.5 Å². The Morgan fingerprint density at radius 1 is 1.18 bits per heavy atom. The van der Waals surface area contributed by atoms with Gasteiger partial charge in [-0.25, -0.2) is 9.78 Å². The monoisotopic (exact) mass is 385 g/mol. The van der Waals surface area contributed by atoms with E-state index in [1.54, 1.807) is 4.90 Å². The maximum Gasteiger partial charge on any atom is 0.320 e. The normalized spacial score (nSPS) is 26.4. The van der Waals surface area contributed by atoms with E-state index in [9.17, 15) is 9.59 Å². The van der Waals surface area contributed by atoms with Crippen LogP contribution in [0.2, 0.25) is 0 Å². The third-order valence-electron chi connectivity index (χ3n) is 6.82. The molecule has 0 unspecified atom stereocenters. The van der Waals surface area contributed by atoms with Crippen molar-refractivity contribution in [3.05, 3.63) is 23.9 Å². The quantitative estimate of drug-likeness (QED) is 0.824. The van der Waals surface area contributed by atoms with Crippen molar-refractivity contribution < 1.29 is 14.3 Å². The molecular formula is C20H27N5O3. The Kier molecular flexibility index (Phi) is 4.19. The molecule has 5 rings (SSSR count). The standard InChI is InChI=1S/C20H27N5O3/c21-18(26)15-3-5-23(8-15)19(27)24-9-16(10-24)14-1-2-17(22-7-14)25-11-20(12-25)4-6-28-13-20/h1-2,7,15-16H,3-6,8-13H2,(H2,21,26)/t15-/m0/s1. The predicted octanol–water partition coefficient (Wildman–Crippen LogP) is 0.635. The highest BCUT2D eigenvalue weighted by Crippen LogP contribution is 2.40. The zero-order valence-electron chi connectivity index (χ0n) is 16.0. The molecule has 28 heavy (non-hydrogen) atoms. The summed E-state index contributed by atoms with van der Waals surface area (Å²) in [6.07, 6.45) is 3.79. The lowest BCUT2D eigenvalue weighted by Gasteiger charge is -2.48. The van der Waals surface area contributed by atoms with Crippen LogP contribution >= 0.6 is 0 Å². The Morgan fingerprint density at radius 2 is 2.00 bits per heavy atom. The van der Waals surface area contributed by atoms with Gasteiger partial charge in [-0.1, -0.05) is 6.07 Å². The highest BCUT2D eigenvalue weighted by atomic mass is 16.5. The van der Waals surface area contributed by atoms with Crippen molar-refractivity contribution in [2.75, 3.05) is 57.4 Å². The van der Waals surface area contributed by atoms with E-state index in [2.05, 4.69) is 22.0 Å². The number of anilines is 1. The van der Waals surface area contributed by atoms with E-state index in [0.29, 0.717) is 43.9 Å². The van der Waals surface area contributed by atoms with Crippen LogP contribution in [0.15, 0.2) is 18.3 Å². The van der Waals surface area contributed by atoms with Crippen molar-refractivity contribution in [2.45, 2.75) is 18.8 Å². The Hall–Kier alpha value is -2.35. The molecule has 0 radical (unpaired) electrons. The van der Waals surface area contributed by atoms with Crippen LogP contribution in [-0.2, 0) is 9.53 Å². The number of urea groups is 1. The Morgan fingerprint density at radius 3 is 2.61 bits per heavy atom. The van der Waals surface area contributed by atoms with Crippen molar-refractivity contribution in [3.8, 4) is 0 Å². The molecule has 0 aliphatic carbocycles. The molecule has 4 saturated heterocycles. The topological polar surface area (TPSA) is 92.0 Å². The molecule has 3 amide bonds. The highest BCUT2D eigenvalue weighted by Gasteiger charge is 2.46. The highest BCUT2D eigenvalue weighted by molar-refractivity contribution is 5.80. The number of pyridine rings is 1. The molecule has 1 spiro atoms. The number of aromatic nitrogens is 1. The fourth-order valence-electron chi connectivity index (χ4n) is 4.86. The van der Waals surface area contributed by atoms with Crippen LogP contribution in [0.4, 0.5) is 10.6 Å².